The molecule has 0 aliphatic carbocycles. The van der Waals surface area contributed by atoms with Crippen LogP contribution in [0.5, 0.6) is 0 Å². The van der Waals surface area contributed by atoms with Gasteiger partial charge in [0.1, 0.15) is 0 Å². The molecule has 1 amide bonds. The Morgan fingerprint density at radius 1 is 1.50 bits per heavy atom. The first-order valence-electron chi connectivity index (χ1n) is 7.78. The number of amides is 1. The molecule has 2 N–H and O–H groups in total. The van der Waals surface area contributed by atoms with E-state index in [9.17, 15) is 15.0 Å². The molecule has 4 nitrogen and oxygen atoms in total. The Balaban J connectivity index is 2.12. The summed E-state index contributed by atoms with van der Waals surface area (Å²) in [5.41, 5.74) is 0.991. The lowest BCUT2D eigenvalue weighted by Gasteiger charge is -2.44. The van der Waals surface area contributed by atoms with Gasteiger partial charge in [-0.3, -0.25) is 4.79 Å². The molecule has 5 heteroatoms. The number of halogens is 1. The predicted octanol–water partition coefficient (Wildman–Crippen LogP) is 2.63. The smallest absolute Gasteiger partial charge is 0.253 e. The van der Waals surface area contributed by atoms with Gasteiger partial charge < -0.3 is 15.1 Å². The molecular formula is C17H24ClNO3. The number of carbonyl (C=O) groups excluding carboxylic acids is 1. The van der Waals surface area contributed by atoms with E-state index in [1.54, 1.807) is 17.0 Å². The summed E-state index contributed by atoms with van der Waals surface area (Å²) >= 11 is 6.08. The monoisotopic (exact) mass is 325 g/mol. The zero-order valence-corrected chi connectivity index (χ0v) is 13.9. The second-order valence-corrected chi connectivity index (χ2v) is 6.66. The zero-order chi connectivity index (χ0) is 16.3. The van der Waals surface area contributed by atoms with Gasteiger partial charge in [-0.15, -0.1) is 0 Å². The van der Waals surface area contributed by atoms with Crippen LogP contribution >= 0.6 is 11.6 Å². The van der Waals surface area contributed by atoms with Gasteiger partial charge in [-0.2, -0.15) is 0 Å². The average molecular weight is 326 g/mol. The summed E-state index contributed by atoms with van der Waals surface area (Å²) in [6, 6.07) is 5.26. The summed E-state index contributed by atoms with van der Waals surface area (Å²) in [4.78, 5) is 14.2. The molecule has 22 heavy (non-hydrogen) atoms. The molecule has 0 radical (unpaired) electrons. The summed E-state index contributed by atoms with van der Waals surface area (Å²) in [6.45, 7) is 4.69. The number of hydrogen-bond donors (Lipinski definition) is 2. The molecule has 1 heterocycles. The van der Waals surface area contributed by atoms with E-state index >= 15 is 0 Å². The van der Waals surface area contributed by atoms with Gasteiger partial charge >= 0.3 is 0 Å². The van der Waals surface area contributed by atoms with Crippen molar-refractivity contribution in [1.29, 1.82) is 0 Å². The number of aryl methyl sites for hydroxylation is 1. The van der Waals surface area contributed by atoms with Crippen molar-refractivity contribution in [3.63, 3.8) is 0 Å². The topological polar surface area (TPSA) is 60.8 Å². The Kier molecular flexibility index (Phi) is 5.48. The van der Waals surface area contributed by atoms with E-state index in [1.165, 1.54) is 0 Å². The van der Waals surface area contributed by atoms with E-state index < -0.39 is 11.5 Å². The maximum atomic E-state index is 12.6. The summed E-state index contributed by atoms with van der Waals surface area (Å²) in [5.74, 6) is -0.121. The molecule has 1 aromatic carbocycles. The Morgan fingerprint density at radius 3 is 2.77 bits per heavy atom. The maximum absolute atomic E-state index is 12.6. The second kappa shape index (κ2) is 6.99. The van der Waals surface area contributed by atoms with Crippen molar-refractivity contribution in [2.75, 3.05) is 19.7 Å². The van der Waals surface area contributed by atoms with Gasteiger partial charge in [0.05, 0.1) is 12.7 Å². The highest BCUT2D eigenvalue weighted by Crippen LogP contribution is 2.36. The van der Waals surface area contributed by atoms with E-state index in [1.807, 2.05) is 19.9 Å². The van der Waals surface area contributed by atoms with E-state index in [0.29, 0.717) is 23.6 Å². The number of likely N-dealkylation sites (tertiary alicyclic amines) is 1. The minimum Gasteiger partial charge on any atom is -0.396 e. The lowest BCUT2D eigenvalue weighted by atomic mass is 9.73. The highest BCUT2D eigenvalue weighted by Gasteiger charge is 2.42. The van der Waals surface area contributed by atoms with Gasteiger partial charge in [-0.05, 0) is 37.5 Å². The Hall–Kier alpha value is -1.10. The lowest BCUT2D eigenvalue weighted by molar-refractivity contribution is -0.0713. The summed E-state index contributed by atoms with van der Waals surface area (Å²) in [6.07, 6.45) is 1.59. The van der Waals surface area contributed by atoms with Gasteiger partial charge in [0, 0.05) is 29.1 Å². The molecular weight excluding hydrogens is 302 g/mol. The molecule has 0 bridgehead atoms. The molecule has 1 aliphatic heterocycles. The van der Waals surface area contributed by atoms with Gasteiger partial charge in [0.15, 0.2) is 0 Å². The van der Waals surface area contributed by atoms with E-state index in [-0.39, 0.29) is 19.1 Å². The van der Waals surface area contributed by atoms with Crippen molar-refractivity contribution < 1.29 is 15.0 Å². The fourth-order valence-electron chi connectivity index (χ4n) is 3.16. The summed E-state index contributed by atoms with van der Waals surface area (Å²) in [5, 5.41) is 20.7. The minimum atomic E-state index is -0.698. The highest BCUT2D eigenvalue weighted by atomic mass is 35.5. The van der Waals surface area contributed by atoms with E-state index in [4.69, 9.17) is 11.6 Å². The van der Waals surface area contributed by atoms with E-state index in [0.717, 1.165) is 18.4 Å². The molecule has 0 unspecified atom stereocenters. The first-order chi connectivity index (χ1) is 10.4. The van der Waals surface area contributed by atoms with Crippen LogP contribution in [0.15, 0.2) is 18.2 Å². The van der Waals surface area contributed by atoms with Crippen LogP contribution in [0, 0.1) is 12.3 Å². The Labute approximate surface area is 136 Å². The van der Waals surface area contributed by atoms with Crippen LogP contribution in [0.1, 0.15) is 42.1 Å². The molecule has 1 aromatic rings. The maximum Gasteiger partial charge on any atom is 0.253 e. The van der Waals surface area contributed by atoms with Crippen molar-refractivity contribution in [1.82, 2.24) is 4.90 Å². The van der Waals surface area contributed by atoms with Crippen LogP contribution in [0.25, 0.3) is 0 Å². The molecule has 122 valence electrons. The number of piperidine rings is 1. The third-order valence-electron chi connectivity index (χ3n) is 4.75. The van der Waals surface area contributed by atoms with Crippen molar-refractivity contribution in [2.45, 2.75) is 39.2 Å². The third kappa shape index (κ3) is 3.29. The number of rotatable bonds is 4. The molecule has 0 spiro atoms. The fraction of sp³-hybridized carbons (Fsp3) is 0.588. The Morgan fingerprint density at radius 2 is 2.23 bits per heavy atom. The first-order valence-corrected chi connectivity index (χ1v) is 8.15. The number of β-amino-alcohol motifs (C(OH)–C–C–N with tert-alkyl or cyclic N) is 1. The van der Waals surface area contributed by atoms with Crippen molar-refractivity contribution in [3.8, 4) is 0 Å². The number of benzene rings is 1. The van der Waals surface area contributed by atoms with Crippen LogP contribution in [0.4, 0.5) is 0 Å². The molecule has 2 atom stereocenters. The highest BCUT2D eigenvalue weighted by molar-refractivity contribution is 6.31. The van der Waals surface area contributed by atoms with Crippen LogP contribution in [-0.2, 0) is 0 Å². The summed E-state index contributed by atoms with van der Waals surface area (Å²) in [7, 11) is 0. The van der Waals surface area contributed by atoms with Crippen LogP contribution in [0.3, 0.4) is 0 Å². The number of nitrogens with zero attached hydrogens (tertiary/aromatic N) is 1. The number of aliphatic hydroxyl groups excluding tert-OH is 2. The van der Waals surface area contributed by atoms with Crippen molar-refractivity contribution in [2.24, 2.45) is 5.41 Å². The first kappa shape index (κ1) is 17.3. The van der Waals surface area contributed by atoms with Crippen LogP contribution in [0.2, 0.25) is 5.02 Å². The normalized spacial score (nSPS) is 25.3. The average Bonchev–Trinajstić information content (AvgIpc) is 2.51. The number of carbonyl (C=O) groups is 1. The van der Waals surface area contributed by atoms with Gasteiger partial charge in [-0.25, -0.2) is 0 Å². The SMILES string of the molecule is CCC[C@]1(CO)CCN(C(=O)c2ccc(C)c(Cl)c2)C[C@H]1O. The molecule has 1 fully saturated rings. The zero-order valence-electron chi connectivity index (χ0n) is 13.2. The van der Waals surface area contributed by atoms with Crippen molar-refractivity contribution in [3.05, 3.63) is 34.3 Å². The predicted molar refractivity (Wildman–Crippen MR) is 87.1 cm³/mol. The number of aliphatic hydroxyl groups is 2. The van der Waals surface area contributed by atoms with Crippen LogP contribution in [-0.4, -0.2) is 46.8 Å². The van der Waals surface area contributed by atoms with Gasteiger partial charge in [0.2, 0.25) is 0 Å². The Bertz CT molecular complexity index is 549. The number of hydrogen-bond acceptors (Lipinski definition) is 3. The molecule has 0 aromatic heterocycles. The minimum absolute atomic E-state index is 0.0413. The second-order valence-electron chi connectivity index (χ2n) is 6.25. The van der Waals surface area contributed by atoms with Gasteiger partial charge in [0.25, 0.3) is 5.91 Å². The van der Waals surface area contributed by atoms with Gasteiger partial charge in [-0.1, -0.05) is 31.0 Å². The largest absolute Gasteiger partial charge is 0.396 e. The molecule has 1 saturated heterocycles. The summed E-state index contributed by atoms with van der Waals surface area (Å²) < 4.78 is 0. The quantitative estimate of drug-likeness (QED) is 0.894. The molecule has 0 saturated carbocycles. The molecule has 1 aliphatic rings. The fourth-order valence-corrected chi connectivity index (χ4v) is 3.34. The van der Waals surface area contributed by atoms with Crippen LogP contribution < -0.4 is 0 Å². The standard InChI is InChI=1S/C17H24ClNO3/c1-3-6-17(11-20)7-8-19(10-15(17)21)16(22)13-5-4-12(2)14(18)9-13/h4-5,9,15,20-21H,3,6-8,10-11H2,1-2H3/t15-,17-/m1/s1. The van der Waals surface area contributed by atoms with E-state index in [2.05, 4.69) is 0 Å². The lowest BCUT2D eigenvalue weighted by Crippen LogP contribution is -2.54. The van der Waals surface area contributed by atoms with Crippen molar-refractivity contribution >= 4 is 17.5 Å². The molecule has 2 rings (SSSR count). The third-order valence-corrected chi connectivity index (χ3v) is 5.16.